The van der Waals surface area contributed by atoms with E-state index in [0.717, 1.165) is 13.0 Å². The molecule has 1 N–H and O–H groups in total. The summed E-state index contributed by atoms with van der Waals surface area (Å²) >= 11 is 0. The lowest BCUT2D eigenvalue weighted by Gasteiger charge is -2.06. The summed E-state index contributed by atoms with van der Waals surface area (Å²) in [6.45, 7) is 3.88. The van der Waals surface area contributed by atoms with Gasteiger partial charge in [-0.2, -0.15) is 0 Å². The number of hydrogen-bond acceptors (Lipinski definition) is 4. The summed E-state index contributed by atoms with van der Waals surface area (Å²) in [5, 5.41) is 8.86. The second-order valence-electron chi connectivity index (χ2n) is 3.10. The molecular weight excluding hydrogens is 194 g/mol. The number of rotatable bonds is 7. The van der Waals surface area contributed by atoms with Gasteiger partial charge in [0.05, 0.1) is 18.9 Å². The third-order valence-electron chi connectivity index (χ3n) is 1.79. The lowest BCUT2D eigenvalue weighted by Crippen LogP contribution is -2.07. The molecule has 1 aromatic rings. The molecule has 0 aromatic carbocycles. The standard InChI is InChI=1S/C11H17NO3/c1-2-5-14-6-7-15-11-3-4-12-10(8-11)9-13/h3-4,8,13H,2,5-7,9H2,1H3. The number of pyridine rings is 1. The van der Waals surface area contributed by atoms with Gasteiger partial charge in [0.1, 0.15) is 12.4 Å². The van der Waals surface area contributed by atoms with Crippen LogP contribution in [0.3, 0.4) is 0 Å². The van der Waals surface area contributed by atoms with Crippen molar-refractivity contribution in [2.24, 2.45) is 0 Å². The Kier molecular flexibility index (Phi) is 5.73. The summed E-state index contributed by atoms with van der Waals surface area (Å²) in [6.07, 6.45) is 2.64. The van der Waals surface area contributed by atoms with Gasteiger partial charge in [0, 0.05) is 18.9 Å². The van der Waals surface area contributed by atoms with Gasteiger partial charge in [-0.3, -0.25) is 4.98 Å². The summed E-state index contributed by atoms with van der Waals surface area (Å²) < 4.78 is 10.7. The quantitative estimate of drug-likeness (QED) is 0.692. The van der Waals surface area contributed by atoms with Crippen molar-refractivity contribution in [1.29, 1.82) is 0 Å². The molecule has 0 fully saturated rings. The molecule has 1 heterocycles. The highest BCUT2D eigenvalue weighted by Gasteiger charge is 1.96. The van der Waals surface area contributed by atoms with Crippen molar-refractivity contribution in [3.8, 4) is 5.75 Å². The van der Waals surface area contributed by atoms with Crippen molar-refractivity contribution in [3.63, 3.8) is 0 Å². The highest BCUT2D eigenvalue weighted by molar-refractivity contribution is 5.22. The van der Waals surface area contributed by atoms with Gasteiger partial charge in [0.2, 0.25) is 0 Å². The molecule has 1 aromatic heterocycles. The molecular formula is C11H17NO3. The van der Waals surface area contributed by atoms with Gasteiger partial charge >= 0.3 is 0 Å². The summed E-state index contributed by atoms with van der Waals surface area (Å²) in [5.74, 6) is 0.717. The molecule has 0 aliphatic heterocycles. The molecule has 0 spiro atoms. The minimum atomic E-state index is -0.0659. The van der Waals surface area contributed by atoms with Crippen LogP contribution in [-0.2, 0) is 11.3 Å². The minimum Gasteiger partial charge on any atom is -0.491 e. The summed E-state index contributed by atoms with van der Waals surface area (Å²) in [6, 6.07) is 3.48. The molecule has 0 amide bonds. The molecule has 0 aliphatic rings. The predicted octanol–water partition coefficient (Wildman–Crippen LogP) is 1.38. The van der Waals surface area contributed by atoms with Crippen LogP contribution in [0.4, 0.5) is 0 Å². The maximum atomic E-state index is 8.86. The lowest BCUT2D eigenvalue weighted by molar-refractivity contribution is 0.100. The number of aromatic nitrogens is 1. The van der Waals surface area contributed by atoms with E-state index < -0.39 is 0 Å². The average molecular weight is 211 g/mol. The summed E-state index contributed by atoms with van der Waals surface area (Å²) in [4.78, 5) is 3.95. The molecule has 84 valence electrons. The molecule has 0 saturated carbocycles. The molecule has 4 heteroatoms. The summed E-state index contributed by atoms with van der Waals surface area (Å²) in [7, 11) is 0. The van der Waals surface area contributed by atoms with E-state index in [1.165, 1.54) is 0 Å². The van der Waals surface area contributed by atoms with Gasteiger partial charge in [0.15, 0.2) is 0 Å². The van der Waals surface area contributed by atoms with E-state index in [1.54, 1.807) is 18.3 Å². The van der Waals surface area contributed by atoms with E-state index >= 15 is 0 Å². The van der Waals surface area contributed by atoms with Crippen molar-refractivity contribution in [2.45, 2.75) is 20.0 Å². The Hall–Kier alpha value is -1.13. The third-order valence-corrected chi connectivity index (χ3v) is 1.79. The van der Waals surface area contributed by atoms with E-state index in [0.29, 0.717) is 24.7 Å². The van der Waals surface area contributed by atoms with Gasteiger partial charge in [-0.1, -0.05) is 6.92 Å². The number of hydrogen-bond donors (Lipinski definition) is 1. The number of ether oxygens (including phenoxy) is 2. The van der Waals surface area contributed by atoms with Crippen LogP contribution in [-0.4, -0.2) is 29.9 Å². The normalized spacial score (nSPS) is 10.3. The molecule has 0 bridgehead atoms. The molecule has 0 radical (unpaired) electrons. The van der Waals surface area contributed by atoms with Crippen LogP contribution in [0.25, 0.3) is 0 Å². The molecule has 0 saturated heterocycles. The fourth-order valence-corrected chi connectivity index (χ4v) is 1.10. The Morgan fingerprint density at radius 2 is 2.20 bits per heavy atom. The SMILES string of the molecule is CCCOCCOc1ccnc(CO)c1. The van der Waals surface area contributed by atoms with Crippen LogP contribution < -0.4 is 4.74 Å². The topological polar surface area (TPSA) is 51.6 Å². The average Bonchev–Trinajstić information content (AvgIpc) is 2.29. The van der Waals surface area contributed by atoms with E-state index in [1.807, 2.05) is 0 Å². The number of aliphatic hydroxyl groups excluding tert-OH is 1. The van der Waals surface area contributed by atoms with Crippen molar-refractivity contribution < 1.29 is 14.6 Å². The Balaban J connectivity index is 2.24. The molecule has 0 aliphatic carbocycles. The second-order valence-corrected chi connectivity index (χ2v) is 3.10. The fraction of sp³-hybridized carbons (Fsp3) is 0.545. The maximum Gasteiger partial charge on any atom is 0.122 e. The van der Waals surface area contributed by atoms with Gasteiger partial charge in [0.25, 0.3) is 0 Å². The van der Waals surface area contributed by atoms with E-state index in [-0.39, 0.29) is 6.61 Å². The Bertz CT molecular complexity index is 278. The van der Waals surface area contributed by atoms with Crippen molar-refractivity contribution >= 4 is 0 Å². The number of aliphatic hydroxyl groups is 1. The van der Waals surface area contributed by atoms with Crippen molar-refractivity contribution in [2.75, 3.05) is 19.8 Å². The molecule has 15 heavy (non-hydrogen) atoms. The van der Waals surface area contributed by atoms with Gasteiger partial charge in [-0.25, -0.2) is 0 Å². The highest BCUT2D eigenvalue weighted by atomic mass is 16.5. The van der Waals surface area contributed by atoms with Crippen molar-refractivity contribution in [1.82, 2.24) is 4.98 Å². The first-order valence-corrected chi connectivity index (χ1v) is 5.13. The maximum absolute atomic E-state index is 8.86. The van der Waals surface area contributed by atoms with E-state index in [4.69, 9.17) is 14.6 Å². The van der Waals surface area contributed by atoms with Crippen LogP contribution >= 0.6 is 0 Å². The van der Waals surface area contributed by atoms with Gasteiger partial charge in [-0.15, -0.1) is 0 Å². The smallest absolute Gasteiger partial charge is 0.122 e. The summed E-state index contributed by atoms with van der Waals surface area (Å²) in [5.41, 5.74) is 0.613. The molecule has 1 rings (SSSR count). The van der Waals surface area contributed by atoms with E-state index in [2.05, 4.69) is 11.9 Å². The zero-order chi connectivity index (χ0) is 10.9. The largest absolute Gasteiger partial charge is 0.491 e. The lowest BCUT2D eigenvalue weighted by atomic mass is 10.3. The van der Waals surface area contributed by atoms with Crippen LogP contribution in [0.5, 0.6) is 5.75 Å². The number of nitrogens with zero attached hydrogens (tertiary/aromatic N) is 1. The highest BCUT2D eigenvalue weighted by Crippen LogP contribution is 2.10. The Morgan fingerprint density at radius 3 is 2.93 bits per heavy atom. The van der Waals surface area contributed by atoms with Crippen LogP contribution in [0.1, 0.15) is 19.0 Å². The Morgan fingerprint density at radius 1 is 1.33 bits per heavy atom. The van der Waals surface area contributed by atoms with E-state index in [9.17, 15) is 0 Å². The third kappa shape index (κ3) is 4.76. The van der Waals surface area contributed by atoms with Crippen LogP contribution in [0.2, 0.25) is 0 Å². The fourth-order valence-electron chi connectivity index (χ4n) is 1.10. The zero-order valence-corrected chi connectivity index (χ0v) is 8.98. The van der Waals surface area contributed by atoms with Crippen LogP contribution in [0.15, 0.2) is 18.3 Å². The predicted molar refractivity (Wildman–Crippen MR) is 56.8 cm³/mol. The molecule has 4 nitrogen and oxygen atoms in total. The zero-order valence-electron chi connectivity index (χ0n) is 8.98. The molecule has 0 unspecified atom stereocenters. The first-order chi connectivity index (χ1) is 7.36. The van der Waals surface area contributed by atoms with Gasteiger partial charge < -0.3 is 14.6 Å². The second kappa shape index (κ2) is 7.20. The van der Waals surface area contributed by atoms with Crippen LogP contribution in [0, 0.1) is 0 Å². The molecule has 0 atom stereocenters. The first-order valence-electron chi connectivity index (χ1n) is 5.13. The minimum absolute atomic E-state index is 0.0659. The van der Waals surface area contributed by atoms with Crippen molar-refractivity contribution in [3.05, 3.63) is 24.0 Å². The Labute approximate surface area is 89.9 Å². The monoisotopic (exact) mass is 211 g/mol. The first kappa shape index (κ1) is 11.9. The van der Waals surface area contributed by atoms with Gasteiger partial charge in [-0.05, 0) is 12.5 Å².